The van der Waals surface area contributed by atoms with Gasteiger partial charge in [0.15, 0.2) is 0 Å². The van der Waals surface area contributed by atoms with E-state index in [1.165, 1.54) is 13.0 Å². The van der Waals surface area contributed by atoms with E-state index in [2.05, 4.69) is 9.97 Å². The van der Waals surface area contributed by atoms with Gasteiger partial charge in [0.2, 0.25) is 5.95 Å². The Bertz CT molecular complexity index is 370. The molecule has 0 amide bonds. The van der Waals surface area contributed by atoms with Gasteiger partial charge in [-0.3, -0.25) is 0 Å². The molecule has 0 atom stereocenters. The molecule has 0 saturated carbocycles. The maximum atomic E-state index is 12.6. The van der Waals surface area contributed by atoms with Crippen LogP contribution in [0.1, 0.15) is 5.69 Å². The van der Waals surface area contributed by atoms with Crippen LogP contribution in [0.4, 0.5) is 23.5 Å². The second kappa shape index (κ2) is 4.38. The van der Waals surface area contributed by atoms with E-state index in [4.69, 9.17) is 11.6 Å². The zero-order valence-electron chi connectivity index (χ0n) is 7.79. The first-order valence-electron chi connectivity index (χ1n) is 3.89. The van der Waals surface area contributed by atoms with Gasteiger partial charge in [0, 0.05) is 5.69 Å². The lowest BCUT2D eigenvalue weighted by Crippen LogP contribution is -2.44. The van der Waals surface area contributed by atoms with Crippen molar-refractivity contribution in [2.24, 2.45) is 0 Å². The number of anilines is 1. The summed E-state index contributed by atoms with van der Waals surface area (Å²) in [6, 6.07) is -3.70. The minimum Gasteiger partial charge on any atom is -0.752 e. The molecule has 0 aliphatic heterocycles. The topological polar surface area (TPSA) is 52.1 Å². The highest BCUT2D eigenvalue weighted by atomic mass is 35.5. The largest absolute Gasteiger partial charge is 0.752 e. The SMILES string of the molecule is Cc1cc(Cl)nc(N([O-])C(F)(F)C(F)F)n1. The number of nitrogens with zero attached hydrogens (tertiary/aromatic N) is 3. The average Bonchev–Trinajstić information content (AvgIpc) is 2.14. The summed E-state index contributed by atoms with van der Waals surface area (Å²) < 4.78 is 49.0. The molecule has 0 bridgehead atoms. The van der Waals surface area contributed by atoms with Crippen molar-refractivity contribution in [3.8, 4) is 0 Å². The van der Waals surface area contributed by atoms with Gasteiger partial charge in [-0.2, -0.15) is 8.78 Å². The Hall–Kier alpha value is -1.15. The monoisotopic (exact) mass is 258 g/mol. The molecule has 1 rings (SSSR count). The average molecular weight is 259 g/mol. The van der Waals surface area contributed by atoms with Crippen molar-refractivity contribution in [1.82, 2.24) is 9.97 Å². The van der Waals surface area contributed by atoms with Crippen LogP contribution in [0, 0.1) is 12.1 Å². The molecule has 1 aromatic heterocycles. The summed E-state index contributed by atoms with van der Waals surface area (Å²) >= 11 is 5.37. The van der Waals surface area contributed by atoms with Crippen LogP contribution in [0.25, 0.3) is 0 Å². The van der Waals surface area contributed by atoms with Crippen molar-refractivity contribution in [2.75, 3.05) is 5.06 Å². The number of hydrogen-bond donors (Lipinski definition) is 0. The van der Waals surface area contributed by atoms with Gasteiger partial charge >= 0.3 is 12.5 Å². The van der Waals surface area contributed by atoms with Crippen molar-refractivity contribution in [2.45, 2.75) is 19.4 Å². The fraction of sp³-hybridized carbons (Fsp3) is 0.429. The lowest BCUT2D eigenvalue weighted by atomic mass is 10.4. The minimum absolute atomic E-state index is 0.112. The molecule has 0 radical (unpaired) electrons. The number of halogens is 5. The molecule has 0 N–H and O–H groups in total. The van der Waals surface area contributed by atoms with Crippen molar-refractivity contribution >= 4 is 17.5 Å². The highest BCUT2D eigenvalue weighted by Gasteiger charge is 2.44. The van der Waals surface area contributed by atoms with E-state index in [9.17, 15) is 22.8 Å². The van der Waals surface area contributed by atoms with Crippen LogP contribution in [0.5, 0.6) is 0 Å². The molecular formula is C7H5ClF4N3O-. The van der Waals surface area contributed by atoms with E-state index in [1.807, 2.05) is 0 Å². The third kappa shape index (κ3) is 2.50. The Kier molecular flexibility index (Phi) is 3.54. The maximum Gasteiger partial charge on any atom is 0.378 e. The van der Waals surface area contributed by atoms with Gasteiger partial charge in [-0.25, -0.2) is 18.7 Å². The third-order valence-electron chi connectivity index (χ3n) is 1.53. The Morgan fingerprint density at radius 1 is 1.44 bits per heavy atom. The zero-order valence-corrected chi connectivity index (χ0v) is 8.55. The number of alkyl halides is 4. The summed E-state index contributed by atoms with van der Waals surface area (Å²) in [4.78, 5) is 6.42. The summed E-state index contributed by atoms with van der Waals surface area (Å²) in [7, 11) is 0. The minimum atomic E-state index is -4.89. The Morgan fingerprint density at radius 2 is 2.00 bits per heavy atom. The second-order valence-corrected chi connectivity index (χ2v) is 3.20. The summed E-state index contributed by atoms with van der Waals surface area (Å²) in [6.07, 6.45) is -4.15. The van der Waals surface area contributed by atoms with E-state index in [0.717, 1.165) is 0 Å². The summed E-state index contributed by atoms with van der Waals surface area (Å²) in [5.74, 6) is -1.10. The predicted octanol–water partition coefficient (Wildman–Crippen LogP) is 2.60. The standard InChI is InChI=1S/C7H5ClF4N3O/c1-3-2-4(8)14-6(13-3)15(16)7(11,12)5(9)10/h2,5H,1H3/q-1. The normalized spacial score (nSPS) is 12.0. The van der Waals surface area contributed by atoms with Gasteiger partial charge in [0.05, 0.1) is 0 Å². The smallest absolute Gasteiger partial charge is 0.378 e. The van der Waals surface area contributed by atoms with E-state index >= 15 is 0 Å². The number of hydroxylamine groups is 1. The number of rotatable bonds is 3. The first kappa shape index (κ1) is 12.9. The highest BCUT2D eigenvalue weighted by Crippen LogP contribution is 2.30. The molecular weight excluding hydrogens is 254 g/mol. The van der Waals surface area contributed by atoms with Gasteiger partial charge in [0.1, 0.15) is 5.15 Å². The van der Waals surface area contributed by atoms with Crippen LogP contribution in [0.3, 0.4) is 0 Å². The number of aryl methyl sites for hydroxylation is 1. The van der Waals surface area contributed by atoms with Crippen LogP contribution in [0.2, 0.25) is 5.15 Å². The van der Waals surface area contributed by atoms with Crippen LogP contribution in [0.15, 0.2) is 6.07 Å². The molecule has 4 nitrogen and oxygen atoms in total. The lowest BCUT2D eigenvalue weighted by molar-refractivity contribution is -0.123. The molecule has 0 saturated heterocycles. The van der Waals surface area contributed by atoms with E-state index in [-0.39, 0.29) is 10.8 Å². The third-order valence-corrected chi connectivity index (χ3v) is 1.72. The van der Waals surface area contributed by atoms with Gasteiger partial charge in [-0.15, -0.1) is 0 Å². The molecule has 0 aliphatic rings. The second-order valence-electron chi connectivity index (χ2n) is 2.81. The van der Waals surface area contributed by atoms with Gasteiger partial charge < -0.3 is 10.3 Å². The molecule has 0 spiro atoms. The van der Waals surface area contributed by atoms with E-state index in [0.29, 0.717) is 0 Å². The van der Waals surface area contributed by atoms with Gasteiger partial charge in [-0.05, 0) is 13.0 Å². The first-order chi connectivity index (χ1) is 7.25. The quantitative estimate of drug-likeness (QED) is 0.362. The van der Waals surface area contributed by atoms with Crippen molar-refractivity contribution in [3.05, 3.63) is 22.1 Å². The fourth-order valence-electron chi connectivity index (χ4n) is 0.828. The molecule has 1 heterocycles. The van der Waals surface area contributed by atoms with Crippen LogP contribution in [-0.4, -0.2) is 22.4 Å². The molecule has 0 aromatic carbocycles. The van der Waals surface area contributed by atoms with Gasteiger partial charge in [0.25, 0.3) is 0 Å². The molecule has 0 unspecified atom stereocenters. The van der Waals surface area contributed by atoms with Crippen molar-refractivity contribution in [1.29, 1.82) is 0 Å². The summed E-state index contributed by atoms with van der Waals surface area (Å²) in [6.45, 7) is 1.35. The zero-order chi connectivity index (χ0) is 12.5. The predicted molar refractivity (Wildman–Crippen MR) is 48.6 cm³/mol. The van der Waals surface area contributed by atoms with Crippen molar-refractivity contribution < 1.29 is 17.6 Å². The lowest BCUT2D eigenvalue weighted by Gasteiger charge is -2.35. The first-order valence-corrected chi connectivity index (χ1v) is 4.27. The van der Waals surface area contributed by atoms with Crippen LogP contribution in [-0.2, 0) is 0 Å². The van der Waals surface area contributed by atoms with Crippen molar-refractivity contribution in [3.63, 3.8) is 0 Å². The molecule has 9 heteroatoms. The van der Waals surface area contributed by atoms with E-state index in [1.54, 1.807) is 0 Å². The Balaban J connectivity index is 3.09. The molecule has 90 valence electrons. The number of hydrogen-bond acceptors (Lipinski definition) is 4. The Labute approximate surface area is 92.4 Å². The van der Waals surface area contributed by atoms with Crippen LogP contribution >= 0.6 is 11.6 Å². The molecule has 1 aromatic rings. The molecule has 0 aliphatic carbocycles. The maximum absolute atomic E-state index is 12.6. The van der Waals surface area contributed by atoms with Crippen LogP contribution < -0.4 is 5.06 Å². The Morgan fingerprint density at radius 3 is 2.44 bits per heavy atom. The fourth-order valence-corrected chi connectivity index (χ4v) is 1.06. The molecule has 16 heavy (non-hydrogen) atoms. The molecule has 0 fully saturated rings. The van der Waals surface area contributed by atoms with Gasteiger partial charge in [-0.1, -0.05) is 11.6 Å². The summed E-state index contributed by atoms with van der Waals surface area (Å²) in [5.41, 5.74) is 0.112. The summed E-state index contributed by atoms with van der Waals surface area (Å²) in [5, 5.41) is 9.38. The number of aromatic nitrogens is 2. The van der Waals surface area contributed by atoms with E-state index < -0.39 is 23.5 Å². The highest BCUT2D eigenvalue weighted by molar-refractivity contribution is 6.29.